The van der Waals surface area contributed by atoms with E-state index in [2.05, 4.69) is 0 Å². The molecule has 146 valence electrons. The summed E-state index contributed by atoms with van der Waals surface area (Å²) in [6.45, 7) is 2.73. The highest BCUT2D eigenvalue weighted by Gasteiger charge is 2.37. The number of carbonyl (C=O) groups is 1. The number of methoxy groups -OCH3 is 1. The van der Waals surface area contributed by atoms with Gasteiger partial charge in [-0.25, -0.2) is 8.42 Å². The Labute approximate surface area is 160 Å². The molecule has 0 bridgehead atoms. The van der Waals surface area contributed by atoms with E-state index in [0.29, 0.717) is 31.6 Å². The number of benzene rings is 1. The van der Waals surface area contributed by atoms with Crippen molar-refractivity contribution in [1.82, 2.24) is 4.31 Å². The van der Waals surface area contributed by atoms with Gasteiger partial charge in [-0.15, -0.1) is 12.4 Å². The fourth-order valence-corrected chi connectivity index (χ4v) is 5.40. The number of sulfonamides is 1. The van der Waals surface area contributed by atoms with Crippen molar-refractivity contribution >= 4 is 34.0 Å². The van der Waals surface area contributed by atoms with Gasteiger partial charge in [-0.05, 0) is 37.0 Å². The molecule has 0 aliphatic carbocycles. The van der Waals surface area contributed by atoms with E-state index in [-0.39, 0.29) is 41.9 Å². The minimum absolute atomic E-state index is 0. The third-order valence-corrected chi connectivity index (χ3v) is 7.11. The van der Waals surface area contributed by atoms with E-state index in [1.165, 1.54) is 11.2 Å². The van der Waals surface area contributed by atoms with Gasteiger partial charge in [0.25, 0.3) is 0 Å². The van der Waals surface area contributed by atoms with Gasteiger partial charge < -0.3 is 15.4 Å². The Morgan fingerprint density at radius 3 is 2.69 bits per heavy atom. The number of hydrogen-bond acceptors (Lipinski definition) is 5. The lowest BCUT2D eigenvalue weighted by atomic mass is 10.0. The molecular formula is C17H26ClN3O4S. The topological polar surface area (TPSA) is 92.9 Å². The molecule has 2 N–H and O–H groups in total. The van der Waals surface area contributed by atoms with Crippen molar-refractivity contribution in [1.29, 1.82) is 0 Å². The summed E-state index contributed by atoms with van der Waals surface area (Å²) in [5.41, 5.74) is 7.52. The van der Waals surface area contributed by atoms with E-state index in [1.807, 2.05) is 6.07 Å². The van der Waals surface area contributed by atoms with Crippen LogP contribution >= 0.6 is 12.4 Å². The molecule has 1 aromatic carbocycles. The Bertz CT molecular complexity index is 771. The summed E-state index contributed by atoms with van der Waals surface area (Å²) < 4.78 is 33.2. The van der Waals surface area contributed by atoms with Gasteiger partial charge in [0.15, 0.2) is 0 Å². The van der Waals surface area contributed by atoms with Crippen molar-refractivity contribution in [3.8, 4) is 0 Å². The van der Waals surface area contributed by atoms with E-state index in [0.717, 1.165) is 12.0 Å². The standard InChI is InChI=1S/C17H25N3O4S.ClH/c1-12(21)19-7-5-13-3-4-16(10-17(13)19)25(22,23)20-8-6-15(24-2)9-14(20)11-18;/h3-4,10,14-15H,5-9,11,18H2,1-2H3;1H. The second-order valence-electron chi connectivity index (χ2n) is 6.60. The highest BCUT2D eigenvalue weighted by molar-refractivity contribution is 7.89. The van der Waals surface area contributed by atoms with Crippen LogP contribution in [0.4, 0.5) is 5.69 Å². The van der Waals surface area contributed by atoms with Crippen LogP contribution < -0.4 is 10.6 Å². The lowest BCUT2D eigenvalue weighted by Gasteiger charge is -2.37. The van der Waals surface area contributed by atoms with Gasteiger partial charge in [-0.1, -0.05) is 6.07 Å². The summed E-state index contributed by atoms with van der Waals surface area (Å²) in [5.74, 6) is -0.0750. The third-order valence-electron chi connectivity index (χ3n) is 5.16. The maximum absolute atomic E-state index is 13.2. The molecule has 1 amide bonds. The van der Waals surface area contributed by atoms with Crippen LogP contribution in [-0.4, -0.2) is 57.5 Å². The summed E-state index contributed by atoms with van der Waals surface area (Å²) in [6, 6.07) is 4.79. The minimum atomic E-state index is -3.67. The molecule has 2 unspecified atom stereocenters. The van der Waals surface area contributed by atoms with Gasteiger partial charge in [0.05, 0.1) is 11.0 Å². The zero-order chi connectivity index (χ0) is 18.2. The first-order valence-electron chi connectivity index (χ1n) is 8.54. The Hall–Kier alpha value is -1.19. The minimum Gasteiger partial charge on any atom is -0.381 e. The number of amides is 1. The molecule has 3 rings (SSSR count). The lowest BCUT2D eigenvalue weighted by molar-refractivity contribution is -0.116. The van der Waals surface area contributed by atoms with Crippen LogP contribution in [0.25, 0.3) is 0 Å². The average Bonchev–Trinajstić information content (AvgIpc) is 3.04. The van der Waals surface area contributed by atoms with E-state index in [1.54, 1.807) is 24.1 Å². The predicted molar refractivity (Wildman–Crippen MR) is 102 cm³/mol. The SMILES string of the molecule is COC1CCN(S(=O)(=O)c2ccc3c(c2)N(C(C)=O)CC3)C(CN)C1.Cl. The van der Waals surface area contributed by atoms with Crippen molar-refractivity contribution in [2.75, 3.05) is 31.6 Å². The summed E-state index contributed by atoms with van der Waals surface area (Å²) in [7, 11) is -2.03. The van der Waals surface area contributed by atoms with Crippen LogP contribution in [0, 0.1) is 0 Å². The Morgan fingerprint density at radius 2 is 2.08 bits per heavy atom. The number of halogens is 1. The molecule has 0 aromatic heterocycles. The first kappa shape index (κ1) is 21.1. The maximum Gasteiger partial charge on any atom is 0.243 e. The zero-order valence-electron chi connectivity index (χ0n) is 15.1. The summed E-state index contributed by atoms with van der Waals surface area (Å²) >= 11 is 0. The van der Waals surface area contributed by atoms with Crippen LogP contribution in [0.5, 0.6) is 0 Å². The fraction of sp³-hybridized carbons (Fsp3) is 0.588. The van der Waals surface area contributed by atoms with E-state index in [4.69, 9.17) is 10.5 Å². The molecule has 1 saturated heterocycles. The third kappa shape index (κ3) is 3.75. The quantitative estimate of drug-likeness (QED) is 0.813. The molecule has 2 aliphatic rings. The molecule has 2 atom stereocenters. The number of rotatable bonds is 4. The summed E-state index contributed by atoms with van der Waals surface area (Å²) in [5, 5.41) is 0. The molecule has 0 saturated carbocycles. The number of ether oxygens (including phenoxy) is 1. The number of anilines is 1. The van der Waals surface area contributed by atoms with Gasteiger partial charge in [0, 0.05) is 45.4 Å². The van der Waals surface area contributed by atoms with E-state index < -0.39 is 10.0 Å². The average molecular weight is 404 g/mol. The Kier molecular flexibility index (Phi) is 6.68. The van der Waals surface area contributed by atoms with Gasteiger partial charge in [0.1, 0.15) is 0 Å². The zero-order valence-corrected chi connectivity index (χ0v) is 16.7. The normalized spacial score (nSPS) is 23.4. The maximum atomic E-state index is 13.2. The van der Waals surface area contributed by atoms with E-state index in [9.17, 15) is 13.2 Å². The molecule has 1 aromatic rings. The van der Waals surface area contributed by atoms with Crippen molar-refractivity contribution in [3.63, 3.8) is 0 Å². The number of hydrogen-bond donors (Lipinski definition) is 1. The van der Waals surface area contributed by atoms with Crippen LogP contribution in [-0.2, 0) is 26.0 Å². The van der Waals surface area contributed by atoms with Crippen molar-refractivity contribution in [3.05, 3.63) is 23.8 Å². The van der Waals surface area contributed by atoms with Crippen molar-refractivity contribution < 1.29 is 17.9 Å². The highest BCUT2D eigenvalue weighted by atomic mass is 35.5. The Balaban J connectivity index is 0.00000243. The van der Waals surface area contributed by atoms with Gasteiger partial charge in [-0.2, -0.15) is 4.31 Å². The molecule has 0 radical (unpaired) electrons. The van der Waals surface area contributed by atoms with Crippen LogP contribution in [0.15, 0.2) is 23.1 Å². The summed E-state index contributed by atoms with van der Waals surface area (Å²) in [4.78, 5) is 13.6. The molecule has 2 aliphatic heterocycles. The van der Waals surface area contributed by atoms with Crippen LogP contribution in [0.3, 0.4) is 0 Å². The van der Waals surface area contributed by atoms with Crippen LogP contribution in [0.1, 0.15) is 25.3 Å². The van der Waals surface area contributed by atoms with Crippen molar-refractivity contribution in [2.45, 2.75) is 43.2 Å². The Morgan fingerprint density at radius 1 is 1.35 bits per heavy atom. The number of nitrogens with two attached hydrogens (primary N) is 1. The van der Waals surface area contributed by atoms with Crippen molar-refractivity contribution in [2.24, 2.45) is 5.73 Å². The number of piperidine rings is 1. The van der Waals surface area contributed by atoms with Gasteiger partial charge in [0.2, 0.25) is 15.9 Å². The number of fused-ring (bicyclic) bond motifs is 1. The molecule has 7 nitrogen and oxygen atoms in total. The monoisotopic (exact) mass is 403 g/mol. The first-order chi connectivity index (χ1) is 11.9. The fourth-order valence-electron chi connectivity index (χ4n) is 3.72. The van der Waals surface area contributed by atoms with Gasteiger partial charge >= 0.3 is 0 Å². The number of carbonyl (C=O) groups excluding carboxylic acids is 1. The number of nitrogens with zero attached hydrogens (tertiary/aromatic N) is 2. The predicted octanol–water partition coefficient (Wildman–Crippen LogP) is 1.14. The first-order valence-corrected chi connectivity index (χ1v) is 9.98. The molecule has 2 heterocycles. The highest BCUT2D eigenvalue weighted by Crippen LogP contribution is 2.33. The molecule has 26 heavy (non-hydrogen) atoms. The van der Waals surface area contributed by atoms with Gasteiger partial charge in [-0.3, -0.25) is 4.79 Å². The van der Waals surface area contributed by atoms with E-state index >= 15 is 0 Å². The molecule has 9 heteroatoms. The summed E-state index contributed by atoms with van der Waals surface area (Å²) in [6.07, 6.45) is 2.03. The van der Waals surface area contributed by atoms with Crippen LogP contribution in [0.2, 0.25) is 0 Å². The smallest absolute Gasteiger partial charge is 0.243 e. The second kappa shape index (κ2) is 8.22. The molecule has 0 spiro atoms. The second-order valence-corrected chi connectivity index (χ2v) is 8.49. The molecular weight excluding hydrogens is 378 g/mol. The molecule has 1 fully saturated rings. The lowest BCUT2D eigenvalue weighted by Crippen LogP contribution is -2.51. The largest absolute Gasteiger partial charge is 0.381 e.